The predicted octanol–water partition coefficient (Wildman–Crippen LogP) is 4.74. The summed E-state index contributed by atoms with van der Waals surface area (Å²) in [4.78, 5) is 13.3. The van der Waals surface area contributed by atoms with Crippen molar-refractivity contribution < 1.29 is 9.90 Å². The van der Waals surface area contributed by atoms with E-state index >= 15 is 0 Å². The maximum absolute atomic E-state index is 11.1. The van der Waals surface area contributed by atoms with Gasteiger partial charge in [-0.2, -0.15) is 0 Å². The van der Waals surface area contributed by atoms with Gasteiger partial charge in [-0.1, -0.05) is 47.9 Å². The van der Waals surface area contributed by atoms with Gasteiger partial charge in [0.15, 0.2) is 0 Å². The molecule has 28 heavy (non-hydrogen) atoms. The smallest absolute Gasteiger partial charge is 0.309 e. The molecule has 1 heterocycles. The number of halogens is 1. The molecule has 1 aromatic rings. The largest absolute Gasteiger partial charge is 0.481 e. The van der Waals surface area contributed by atoms with E-state index in [0.717, 1.165) is 30.0 Å². The molecule has 1 saturated heterocycles. The van der Waals surface area contributed by atoms with Gasteiger partial charge < -0.3 is 10.4 Å². The Kier molecular flexibility index (Phi) is 6.64. The van der Waals surface area contributed by atoms with Crippen LogP contribution in [-0.2, 0) is 4.79 Å². The molecule has 3 rings (SSSR count). The van der Waals surface area contributed by atoms with Crippen molar-refractivity contribution in [3.05, 3.63) is 57.1 Å². The molecule has 2 atom stereocenters. The Morgan fingerprint density at radius 2 is 2.04 bits per heavy atom. The maximum Gasteiger partial charge on any atom is 0.309 e. The van der Waals surface area contributed by atoms with Crippen LogP contribution >= 0.6 is 11.6 Å². The lowest BCUT2D eigenvalue weighted by atomic mass is 9.86. The number of likely N-dealkylation sites (tertiary alicyclic amines) is 1. The van der Waals surface area contributed by atoms with Crippen LogP contribution in [0.1, 0.15) is 50.8 Å². The van der Waals surface area contributed by atoms with Crippen molar-refractivity contribution in [3.63, 3.8) is 0 Å². The summed E-state index contributed by atoms with van der Waals surface area (Å²) >= 11 is 6.20. The highest BCUT2D eigenvalue weighted by atomic mass is 35.5. The van der Waals surface area contributed by atoms with Crippen LogP contribution < -0.4 is 5.32 Å². The zero-order valence-electron chi connectivity index (χ0n) is 17.3. The molecule has 1 aliphatic carbocycles. The molecule has 0 aromatic heterocycles. The summed E-state index contributed by atoms with van der Waals surface area (Å²) in [5.74, 6) is -0.887. The minimum absolute atomic E-state index is 0.208. The quantitative estimate of drug-likeness (QED) is 0.691. The monoisotopic (exact) mass is 402 g/mol. The first-order chi connectivity index (χ1) is 13.3. The lowest BCUT2D eigenvalue weighted by Gasteiger charge is -2.39. The molecule has 1 aromatic carbocycles. The molecule has 2 aliphatic rings. The first kappa shape index (κ1) is 21.1. The summed E-state index contributed by atoms with van der Waals surface area (Å²) in [6.45, 7) is 10.8. The number of carbonyl (C=O) groups is 1. The number of hydrogen-bond donors (Lipinski definition) is 2. The van der Waals surface area contributed by atoms with E-state index in [1.165, 1.54) is 22.3 Å². The second-order valence-electron chi connectivity index (χ2n) is 8.20. The van der Waals surface area contributed by atoms with Gasteiger partial charge in [-0.25, -0.2) is 0 Å². The van der Waals surface area contributed by atoms with E-state index in [9.17, 15) is 4.79 Å². The highest BCUT2D eigenvalue weighted by molar-refractivity contribution is 6.31. The van der Waals surface area contributed by atoms with Crippen LogP contribution in [0.5, 0.6) is 0 Å². The molecule has 0 spiro atoms. The van der Waals surface area contributed by atoms with Crippen molar-refractivity contribution in [2.24, 2.45) is 5.92 Å². The average Bonchev–Trinajstić information content (AvgIpc) is 2.61. The fourth-order valence-electron chi connectivity index (χ4n) is 4.21. The van der Waals surface area contributed by atoms with Crippen LogP contribution in [0.3, 0.4) is 0 Å². The Morgan fingerprint density at radius 3 is 2.64 bits per heavy atom. The minimum atomic E-state index is -0.679. The molecule has 0 bridgehead atoms. The molecule has 1 fully saturated rings. The number of carboxylic acid groups (broad SMARTS) is 1. The van der Waals surface area contributed by atoms with Crippen LogP contribution in [-0.4, -0.2) is 41.7 Å². The average molecular weight is 403 g/mol. The predicted molar refractivity (Wildman–Crippen MR) is 115 cm³/mol. The van der Waals surface area contributed by atoms with E-state index in [4.69, 9.17) is 16.7 Å². The molecule has 1 aliphatic heterocycles. The fourth-order valence-corrected chi connectivity index (χ4v) is 4.33. The third-order valence-corrected chi connectivity index (χ3v) is 6.64. The molecule has 4 nitrogen and oxygen atoms in total. The van der Waals surface area contributed by atoms with Crippen LogP contribution in [0.4, 0.5) is 0 Å². The molecule has 2 unspecified atom stereocenters. The Balaban J connectivity index is 1.71. The Labute approximate surface area is 173 Å². The zero-order chi connectivity index (χ0) is 20.4. The number of rotatable bonds is 7. The van der Waals surface area contributed by atoms with Gasteiger partial charge in [0.1, 0.15) is 0 Å². The van der Waals surface area contributed by atoms with Crippen molar-refractivity contribution in [2.75, 3.05) is 19.6 Å². The second-order valence-corrected chi connectivity index (χ2v) is 8.61. The lowest BCUT2D eigenvalue weighted by Crippen LogP contribution is -2.51. The molecule has 0 radical (unpaired) electrons. The Bertz CT molecular complexity index is 809. The second kappa shape index (κ2) is 8.81. The number of carboxylic acids is 1. The Morgan fingerprint density at radius 1 is 1.32 bits per heavy atom. The van der Waals surface area contributed by atoms with Crippen molar-refractivity contribution in [1.29, 1.82) is 0 Å². The van der Waals surface area contributed by atoms with Gasteiger partial charge >= 0.3 is 5.97 Å². The van der Waals surface area contributed by atoms with Crippen LogP contribution in [0.25, 0.3) is 0 Å². The normalized spacial score (nSPS) is 22.0. The van der Waals surface area contributed by atoms with Crippen molar-refractivity contribution in [1.82, 2.24) is 10.2 Å². The van der Waals surface area contributed by atoms with Crippen molar-refractivity contribution >= 4 is 17.6 Å². The summed E-state index contributed by atoms with van der Waals surface area (Å²) in [7, 11) is 0. The molecule has 2 N–H and O–H groups in total. The summed E-state index contributed by atoms with van der Waals surface area (Å²) in [5, 5.41) is 13.8. The fraction of sp³-hybridized carbons (Fsp3) is 0.522. The van der Waals surface area contributed by atoms with Crippen LogP contribution in [0, 0.1) is 12.8 Å². The van der Waals surface area contributed by atoms with Crippen molar-refractivity contribution in [3.8, 4) is 0 Å². The highest BCUT2D eigenvalue weighted by Crippen LogP contribution is 2.31. The van der Waals surface area contributed by atoms with Gasteiger partial charge in [-0.15, -0.1) is 0 Å². The van der Waals surface area contributed by atoms with E-state index in [-0.39, 0.29) is 12.0 Å². The zero-order valence-corrected chi connectivity index (χ0v) is 18.0. The van der Waals surface area contributed by atoms with Gasteiger partial charge in [0.25, 0.3) is 0 Å². The number of benzene rings is 1. The third kappa shape index (κ3) is 4.51. The standard InChI is InChI=1S/C23H31ClN2O2/c1-5-21(17-7-8-20(24)15(3)10-17)25-22-9-6-14(2)19(16(22)4)13-26-11-18(12-26)23(27)28/h6-8,10,18,21-22,25H,5,9,11-13H2,1-4H3,(H,27,28). The number of nitrogens with zero attached hydrogens (tertiary/aromatic N) is 1. The summed E-state index contributed by atoms with van der Waals surface area (Å²) in [6.07, 6.45) is 4.31. The van der Waals surface area contributed by atoms with Gasteiger partial charge in [-0.05, 0) is 56.4 Å². The van der Waals surface area contributed by atoms with E-state index < -0.39 is 5.97 Å². The molecule has 152 valence electrons. The van der Waals surface area contributed by atoms with Crippen LogP contribution in [0.15, 0.2) is 41.0 Å². The molecular formula is C23H31ClN2O2. The number of hydrogen-bond acceptors (Lipinski definition) is 3. The number of aliphatic carboxylic acids is 1. The maximum atomic E-state index is 11.1. The summed E-state index contributed by atoms with van der Waals surface area (Å²) in [6, 6.07) is 6.87. The van der Waals surface area contributed by atoms with E-state index in [2.05, 4.69) is 49.2 Å². The lowest BCUT2D eigenvalue weighted by molar-refractivity contribution is -0.147. The molecule has 5 heteroatoms. The Hall–Kier alpha value is -1.62. The van der Waals surface area contributed by atoms with E-state index in [1.807, 2.05) is 13.0 Å². The third-order valence-electron chi connectivity index (χ3n) is 6.22. The SMILES string of the molecule is CCC(NC1CC=C(C)C(CN2CC(C(=O)O)C2)=C1C)c1ccc(Cl)c(C)c1. The number of aryl methyl sites for hydroxylation is 1. The molecule has 0 amide bonds. The molecular weight excluding hydrogens is 372 g/mol. The first-order valence-electron chi connectivity index (χ1n) is 10.1. The summed E-state index contributed by atoms with van der Waals surface area (Å²) in [5.41, 5.74) is 6.44. The summed E-state index contributed by atoms with van der Waals surface area (Å²) < 4.78 is 0. The molecule has 0 saturated carbocycles. The number of nitrogens with one attached hydrogen (secondary N) is 1. The van der Waals surface area contributed by atoms with Crippen LogP contribution in [0.2, 0.25) is 5.02 Å². The van der Waals surface area contributed by atoms with Gasteiger partial charge in [0.2, 0.25) is 0 Å². The van der Waals surface area contributed by atoms with Gasteiger partial charge in [-0.3, -0.25) is 9.69 Å². The highest BCUT2D eigenvalue weighted by Gasteiger charge is 2.34. The minimum Gasteiger partial charge on any atom is -0.481 e. The van der Waals surface area contributed by atoms with Gasteiger partial charge in [0.05, 0.1) is 5.92 Å². The van der Waals surface area contributed by atoms with E-state index in [1.54, 1.807) is 0 Å². The first-order valence-corrected chi connectivity index (χ1v) is 10.5. The van der Waals surface area contributed by atoms with Gasteiger partial charge in [0, 0.05) is 36.7 Å². The van der Waals surface area contributed by atoms with E-state index in [0.29, 0.717) is 19.1 Å². The van der Waals surface area contributed by atoms with Crippen molar-refractivity contribution in [2.45, 2.75) is 52.6 Å². The topological polar surface area (TPSA) is 52.6 Å².